The van der Waals surface area contributed by atoms with Crippen molar-refractivity contribution >= 4 is 5.69 Å². The van der Waals surface area contributed by atoms with Crippen LogP contribution in [0, 0.1) is 0 Å². The first-order valence-electron chi connectivity index (χ1n) is 6.75. The Morgan fingerprint density at radius 1 is 1.17 bits per heavy atom. The van der Waals surface area contributed by atoms with Crippen LogP contribution in [0.3, 0.4) is 0 Å². The number of aryl methyl sites for hydroxylation is 1. The van der Waals surface area contributed by atoms with Crippen molar-refractivity contribution in [3.8, 4) is 0 Å². The van der Waals surface area contributed by atoms with Gasteiger partial charge >= 0.3 is 0 Å². The maximum Gasteiger partial charge on any atom is 0.0582 e. The third-order valence-electron chi connectivity index (χ3n) is 3.61. The molecule has 0 atom stereocenters. The molecule has 2 aromatic rings. The van der Waals surface area contributed by atoms with Gasteiger partial charge in [-0.3, -0.25) is 4.68 Å². The van der Waals surface area contributed by atoms with Gasteiger partial charge in [-0.2, -0.15) is 5.10 Å². The summed E-state index contributed by atoms with van der Waals surface area (Å²) in [6.45, 7) is 1.84. The molecule has 0 amide bonds. The molecule has 0 saturated heterocycles. The summed E-state index contributed by atoms with van der Waals surface area (Å²) in [5.41, 5.74) is 4.38. The highest BCUT2D eigenvalue weighted by atomic mass is 15.3. The maximum absolute atomic E-state index is 4.21. The fraction of sp³-hybridized carbons (Fsp3) is 0.400. The van der Waals surface area contributed by atoms with Crippen LogP contribution in [0.25, 0.3) is 0 Å². The smallest absolute Gasteiger partial charge is 0.0582 e. The molecule has 0 saturated carbocycles. The average Bonchev–Trinajstić information content (AvgIpc) is 2.92. The number of nitrogens with zero attached hydrogens (tertiary/aromatic N) is 2. The molecule has 0 aliphatic heterocycles. The zero-order chi connectivity index (χ0) is 12.2. The van der Waals surface area contributed by atoms with Crippen LogP contribution in [0.15, 0.2) is 36.7 Å². The normalized spacial score (nSPS) is 14.2. The van der Waals surface area contributed by atoms with Gasteiger partial charge in [0.15, 0.2) is 0 Å². The second-order valence-electron chi connectivity index (χ2n) is 4.85. The van der Waals surface area contributed by atoms with E-state index in [1.807, 2.05) is 23.1 Å². The van der Waals surface area contributed by atoms with E-state index in [0.717, 1.165) is 13.1 Å². The third-order valence-corrected chi connectivity index (χ3v) is 3.61. The second kappa shape index (κ2) is 5.25. The summed E-state index contributed by atoms with van der Waals surface area (Å²) in [6.07, 6.45) is 8.95. The minimum absolute atomic E-state index is 0.913. The van der Waals surface area contributed by atoms with Crippen molar-refractivity contribution in [1.29, 1.82) is 0 Å². The van der Waals surface area contributed by atoms with Gasteiger partial charge in [0.25, 0.3) is 0 Å². The highest BCUT2D eigenvalue weighted by molar-refractivity contribution is 5.55. The summed E-state index contributed by atoms with van der Waals surface area (Å²) in [5.74, 6) is 0. The van der Waals surface area contributed by atoms with Gasteiger partial charge in [0, 0.05) is 24.6 Å². The van der Waals surface area contributed by atoms with Crippen LogP contribution < -0.4 is 5.32 Å². The molecule has 3 heteroatoms. The van der Waals surface area contributed by atoms with Crippen LogP contribution in [0.2, 0.25) is 0 Å². The molecule has 3 rings (SSSR count). The summed E-state index contributed by atoms with van der Waals surface area (Å²) in [5, 5.41) is 7.76. The predicted molar refractivity (Wildman–Crippen MR) is 73.8 cm³/mol. The molecule has 0 spiro atoms. The zero-order valence-electron chi connectivity index (χ0n) is 10.6. The van der Waals surface area contributed by atoms with Crippen LogP contribution in [-0.4, -0.2) is 16.3 Å². The Balaban J connectivity index is 1.65. The minimum atomic E-state index is 0.913. The number of fused-ring (bicyclic) bond motifs is 1. The topological polar surface area (TPSA) is 29.9 Å². The van der Waals surface area contributed by atoms with Gasteiger partial charge in [0.1, 0.15) is 0 Å². The van der Waals surface area contributed by atoms with E-state index in [2.05, 4.69) is 28.6 Å². The molecule has 1 aliphatic rings. The van der Waals surface area contributed by atoms with E-state index in [9.17, 15) is 0 Å². The first-order chi connectivity index (χ1) is 8.93. The van der Waals surface area contributed by atoms with Gasteiger partial charge in [0.05, 0.1) is 6.54 Å². The Labute approximate surface area is 108 Å². The fourth-order valence-electron chi connectivity index (χ4n) is 2.68. The molecular formula is C15H19N3. The van der Waals surface area contributed by atoms with E-state index in [0.29, 0.717) is 0 Å². The standard InChI is InChI=1S/C15H19N3/c1-2-7-14-13(5-1)6-3-8-15(14)16-10-12-18-11-4-9-17-18/h3-4,6,8-9,11,16H,1-2,5,7,10,12H2. The molecule has 0 unspecified atom stereocenters. The summed E-state index contributed by atoms with van der Waals surface area (Å²) in [4.78, 5) is 0. The molecule has 18 heavy (non-hydrogen) atoms. The molecule has 0 fully saturated rings. The summed E-state index contributed by atoms with van der Waals surface area (Å²) < 4.78 is 1.96. The number of rotatable bonds is 4. The van der Waals surface area contributed by atoms with E-state index < -0.39 is 0 Å². The van der Waals surface area contributed by atoms with Crippen molar-refractivity contribution < 1.29 is 0 Å². The molecule has 0 bridgehead atoms. The van der Waals surface area contributed by atoms with E-state index in [-0.39, 0.29) is 0 Å². The van der Waals surface area contributed by atoms with Gasteiger partial charge in [-0.05, 0) is 48.9 Å². The second-order valence-corrected chi connectivity index (χ2v) is 4.85. The molecule has 1 aromatic heterocycles. The van der Waals surface area contributed by atoms with Crippen molar-refractivity contribution in [3.05, 3.63) is 47.8 Å². The van der Waals surface area contributed by atoms with Crippen LogP contribution in [-0.2, 0) is 19.4 Å². The first-order valence-corrected chi connectivity index (χ1v) is 6.75. The molecule has 94 valence electrons. The summed E-state index contributed by atoms with van der Waals surface area (Å²) in [7, 11) is 0. The lowest BCUT2D eigenvalue weighted by molar-refractivity contribution is 0.636. The van der Waals surface area contributed by atoms with Crippen molar-refractivity contribution in [3.63, 3.8) is 0 Å². The SMILES string of the molecule is c1cc2c(c(NCCn3cccn3)c1)CCCC2. The van der Waals surface area contributed by atoms with Gasteiger partial charge in [-0.1, -0.05) is 12.1 Å². The highest BCUT2D eigenvalue weighted by Crippen LogP contribution is 2.27. The monoisotopic (exact) mass is 241 g/mol. The number of anilines is 1. The van der Waals surface area contributed by atoms with Gasteiger partial charge in [-0.15, -0.1) is 0 Å². The lowest BCUT2D eigenvalue weighted by atomic mass is 9.90. The van der Waals surface area contributed by atoms with Crippen LogP contribution in [0.4, 0.5) is 5.69 Å². The number of benzene rings is 1. The average molecular weight is 241 g/mol. The molecule has 1 aliphatic carbocycles. The Hall–Kier alpha value is -1.77. The minimum Gasteiger partial charge on any atom is -0.383 e. The van der Waals surface area contributed by atoms with Crippen molar-refractivity contribution in [2.45, 2.75) is 32.2 Å². The van der Waals surface area contributed by atoms with E-state index >= 15 is 0 Å². The lowest BCUT2D eigenvalue weighted by Gasteiger charge is -2.20. The molecule has 3 nitrogen and oxygen atoms in total. The largest absolute Gasteiger partial charge is 0.383 e. The molecule has 0 radical (unpaired) electrons. The van der Waals surface area contributed by atoms with E-state index in [1.165, 1.54) is 42.5 Å². The molecule has 1 N–H and O–H groups in total. The highest BCUT2D eigenvalue weighted by Gasteiger charge is 2.12. The fourth-order valence-corrected chi connectivity index (χ4v) is 2.68. The number of nitrogens with one attached hydrogen (secondary N) is 1. The quantitative estimate of drug-likeness (QED) is 0.892. The zero-order valence-corrected chi connectivity index (χ0v) is 10.6. The Morgan fingerprint density at radius 3 is 3.00 bits per heavy atom. The van der Waals surface area contributed by atoms with Crippen LogP contribution in [0.5, 0.6) is 0 Å². The molecule has 1 heterocycles. The van der Waals surface area contributed by atoms with Crippen LogP contribution in [0.1, 0.15) is 24.0 Å². The van der Waals surface area contributed by atoms with Gasteiger partial charge in [-0.25, -0.2) is 0 Å². The third kappa shape index (κ3) is 2.40. The predicted octanol–water partition coefficient (Wildman–Crippen LogP) is 2.87. The number of hydrogen-bond acceptors (Lipinski definition) is 2. The number of aromatic nitrogens is 2. The maximum atomic E-state index is 4.21. The Kier molecular flexibility index (Phi) is 3.31. The summed E-state index contributed by atoms with van der Waals surface area (Å²) in [6, 6.07) is 8.60. The Bertz CT molecular complexity index is 502. The van der Waals surface area contributed by atoms with Crippen molar-refractivity contribution in [2.75, 3.05) is 11.9 Å². The van der Waals surface area contributed by atoms with E-state index in [4.69, 9.17) is 0 Å². The van der Waals surface area contributed by atoms with Crippen molar-refractivity contribution in [1.82, 2.24) is 9.78 Å². The first kappa shape index (κ1) is 11.3. The summed E-state index contributed by atoms with van der Waals surface area (Å²) >= 11 is 0. The lowest BCUT2D eigenvalue weighted by Crippen LogP contribution is -2.13. The molecule has 1 aromatic carbocycles. The van der Waals surface area contributed by atoms with Gasteiger partial charge in [0.2, 0.25) is 0 Å². The Morgan fingerprint density at radius 2 is 2.11 bits per heavy atom. The van der Waals surface area contributed by atoms with Gasteiger partial charge < -0.3 is 5.32 Å². The van der Waals surface area contributed by atoms with Crippen molar-refractivity contribution in [2.24, 2.45) is 0 Å². The number of hydrogen-bond donors (Lipinski definition) is 1. The van der Waals surface area contributed by atoms with E-state index in [1.54, 1.807) is 0 Å². The molecular weight excluding hydrogens is 222 g/mol. The van der Waals surface area contributed by atoms with Crippen LogP contribution >= 0.6 is 0 Å².